The van der Waals surface area contributed by atoms with Crippen molar-refractivity contribution in [2.45, 2.75) is 32.5 Å². The minimum absolute atomic E-state index is 0.0798. The maximum Gasteiger partial charge on any atom is 0.335 e. The van der Waals surface area contributed by atoms with Crippen molar-refractivity contribution in [2.75, 3.05) is 0 Å². The first-order valence-electron chi connectivity index (χ1n) is 11.3. The summed E-state index contributed by atoms with van der Waals surface area (Å²) < 4.78 is 2.16. The van der Waals surface area contributed by atoms with Gasteiger partial charge < -0.3 is 19.9 Å². The molecule has 5 rings (SSSR count). The molecule has 3 aromatic heterocycles. The molecule has 35 heavy (non-hydrogen) atoms. The van der Waals surface area contributed by atoms with E-state index < -0.39 is 5.97 Å². The summed E-state index contributed by atoms with van der Waals surface area (Å²) in [5.74, 6) is -0.936. The minimum Gasteiger partial charge on any atom is -0.478 e. The van der Waals surface area contributed by atoms with Crippen molar-refractivity contribution >= 4 is 23.3 Å². The summed E-state index contributed by atoms with van der Waals surface area (Å²) in [6.07, 6.45) is 5.38. The van der Waals surface area contributed by atoms with Crippen molar-refractivity contribution < 1.29 is 9.90 Å². The van der Waals surface area contributed by atoms with Gasteiger partial charge in [-0.1, -0.05) is 6.07 Å². The van der Waals surface area contributed by atoms with Crippen molar-refractivity contribution in [1.29, 1.82) is 0 Å². The molecule has 7 nitrogen and oxygen atoms in total. The highest BCUT2D eigenvalue weighted by Crippen LogP contribution is 2.42. The number of carboxylic acids is 1. The lowest BCUT2D eigenvalue weighted by Gasteiger charge is -2.28. The third-order valence-corrected chi connectivity index (χ3v) is 6.81. The number of carboxylic acid groups (broad SMARTS) is 1. The first-order valence-corrected chi connectivity index (χ1v) is 11.7. The zero-order valence-electron chi connectivity index (χ0n) is 19.4. The van der Waals surface area contributed by atoms with Gasteiger partial charge in [-0.05, 0) is 91.8 Å². The van der Waals surface area contributed by atoms with Gasteiger partial charge >= 0.3 is 5.97 Å². The van der Waals surface area contributed by atoms with Crippen LogP contribution >= 0.6 is 12.2 Å². The van der Waals surface area contributed by atoms with Crippen molar-refractivity contribution in [3.63, 3.8) is 0 Å². The van der Waals surface area contributed by atoms with E-state index in [1.54, 1.807) is 30.7 Å². The lowest BCUT2D eigenvalue weighted by atomic mass is 9.96. The maximum atomic E-state index is 11.3. The molecule has 8 heteroatoms. The SMILES string of the molecule is Cc1cc([C@H]2[C@H](c3ccccn3)NC(=S)N2Cc2ccncc2)c(C)n1-c1ccc(C(=O)O)cc1. The van der Waals surface area contributed by atoms with Gasteiger partial charge in [-0.15, -0.1) is 0 Å². The first kappa shape index (κ1) is 22.7. The average Bonchev–Trinajstić information content (AvgIpc) is 3.35. The summed E-state index contributed by atoms with van der Waals surface area (Å²) in [6, 6.07) is 18.9. The van der Waals surface area contributed by atoms with Crippen LogP contribution in [0.5, 0.6) is 0 Å². The van der Waals surface area contributed by atoms with Crippen LogP contribution in [-0.2, 0) is 6.54 Å². The number of aromatic carboxylic acids is 1. The van der Waals surface area contributed by atoms with E-state index in [0.29, 0.717) is 11.7 Å². The Labute approximate surface area is 209 Å². The molecule has 2 atom stereocenters. The van der Waals surface area contributed by atoms with Crippen LogP contribution in [0.3, 0.4) is 0 Å². The second kappa shape index (κ2) is 9.31. The van der Waals surface area contributed by atoms with E-state index in [1.807, 2.05) is 42.5 Å². The number of pyridine rings is 2. The number of nitrogens with zero attached hydrogens (tertiary/aromatic N) is 4. The Bertz CT molecular complexity index is 1370. The largest absolute Gasteiger partial charge is 0.478 e. The zero-order chi connectivity index (χ0) is 24.5. The fourth-order valence-corrected chi connectivity index (χ4v) is 5.14. The number of aryl methyl sites for hydroxylation is 1. The molecule has 4 aromatic rings. The summed E-state index contributed by atoms with van der Waals surface area (Å²) in [7, 11) is 0. The van der Waals surface area contributed by atoms with Crippen LogP contribution in [-0.4, -0.2) is 35.6 Å². The zero-order valence-corrected chi connectivity index (χ0v) is 20.2. The third-order valence-electron chi connectivity index (χ3n) is 6.46. The van der Waals surface area contributed by atoms with Crippen LogP contribution in [0.25, 0.3) is 5.69 Å². The summed E-state index contributed by atoms with van der Waals surface area (Å²) in [4.78, 5) is 22.3. The quantitative estimate of drug-likeness (QED) is 0.383. The number of carbonyl (C=O) groups is 1. The summed E-state index contributed by atoms with van der Waals surface area (Å²) in [6.45, 7) is 4.79. The lowest BCUT2D eigenvalue weighted by molar-refractivity contribution is 0.0697. The van der Waals surface area contributed by atoms with Gasteiger partial charge in [0.15, 0.2) is 5.11 Å². The van der Waals surface area contributed by atoms with Gasteiger partial charge in [0.05, 0.1) is 23.3 Å². The lowest BCUT2D eigenvalue weighted by Crippen LogP contribution is -2.29. The molecule has 1 aromatic carbocycles. The van der Waals surface area contributed by atoms with Crippen LogP contribution in [0, 0.1) is 13.8 Å². The molecule has 0 amide bonds. The van der Waals surface area contributed by atoms with E-state index in [-0.39, 0.29) is 17.6 Å². The Hall–Kier alpha value is -4.04. The van der Waals surface area contributed by atoms with Gasteiger partial charge in [-0.2, -0.15) is 0 Å². The minimum atomic E-state index is -0.936. The molecular weight excluding hydrogens is 458 g/mol. The van der Waals surface area contributed by atoms with Crippen molar-refractivity contribution in [3.8, 4) is 5.69 Å². The van der Waals surface area contributed by atoms with E-state index in [2.05, 4.69) is 44.7 Å². The predicted octanol–water partition coefficient (Wildman–Crippen LogP) is 4.76. The van der Waals surface area contributed by atoms with Crippen LogP contribution in [0.1, 0.15) is 50.7 Å². The predicted molar refractivity (Wildman–Crippen MR) is 137 cm³/mol. The highest BCUT2D eigenvalue weighted by atomic mass is 32.1. The second-order valence-electron chi connectivity index (χ2n) is 8.62. The number of nitrogens with one attached hydrogen (secondary N) is 1. The molecule has 1 aliphatic heterocycles. The fourth-order valence-electron chi connectivity index (χ4n) is 4.84. The van der Waals surface area contributed by atoms with E-state index in [1.165, 1.54) is 0 Å². The van der Waals surface area contributed by atoms with E-state index in [0.717, 1.165) is 33.9 Å². The molecule has 1 saturated heterocycles. The van der Waals surface area contributed by atoms with Crippen molar-refractivity contribution in [1.82, 2.24) is 24.8 Å². The Balaban J connectivity index is 1.60. The van der Waals surface area contributed by atoms with Crippen LogP contribution in [0.15, 0.2) is 79.3 Å². The molecule has 0 spiro atoms. The van der Waals surface area contributed by atoms with Crippen molar-refractivity contribution in [2.24, 2.45) is 0 Å². The van der Waals surface area contributed by atoms with Gasteiger partial charge in [0.2, 0.25) is 0 Å². The summed E-state index contributed by atoms with van der Waals surface area (Å²) in [5, 5.41) is 13.5. The number of hydrogen-bond donors (Lipinski definition) is 2. The number of aromatic nitrogens is 3. The molecule has 1 fully saturated rings. The van der Waals surface area contributed by atoms with Crippen molar-refractivity contribution in [3.05, 3.63) is 113 Å². The highest BCUT2D eigenvalue weighted by molar-refractivity contribution is 7.80. The standard InChI is InChI=1S/C27H25N5O2S/c1-17-15-22(18(2)32(17)21-8-6-20(7-9-21)26(33)34)25-24(23-5-3-4-12-29-23)30-27(35)31(25)16-19-10-13-28-14-11-19/h3-15,24-25H,16H2,1-2H3,(H,30,35)(H,33,34)/t24-,25-/m0/s1. The van der Waals surface area contributed by atoms with Crippen LogP contribution in [0.2, 0.25) is 0 Å². The van der Waals surface area contributed by atoms with Gasteiger partial charge in [-0.25, -0.2) is 4.79 Å². The van der Waals surface area contributed by atoms with Crippen LogP contribution in [0.4, 0.5) is 0 Å². The molecular formula is C27H25N5O2S. The molecule has 0 aliphatic carbocycles. The molecule has 0 bridgehead atoms. The number of thiocarbonyl (C=S) groups is 1. The monoisotopic (exact) mass is 483 g/mol. The maximum absolute atomic E-state index is 11.3. The molecule has 0 saturated carbocycles. The smallest absolute Gasteiger partial charge is 0.335 e. The highest BCUT2D eigenvalue weighted by Gasteiger charge is 2.41. The molecule has 176 valence electrons. The van der Waals surface area contributed by atoms with Gasteiger partial charge in [0.25, 0.3) is 0 Å². The van der Waals surface area contributed by atoms with Gasteiger partial charge in [0.1, 0.15) is 0 Å². The molecule has 1 aliphatic rings. The Morgan fingerprint density at radius 3 is 2.46 bits per heavy atom. The summed E-state index contributed by atoms with van der Waals surface area (Å²) >= 11 is 5.82. The summed E-state index contributed by atoms with van der Waals surface area (Å²) in [5.41, 5.74) is 6.49. The molecule has 0 radical (unpaired) electrons. The van der Waals surface area contributed by atoms with Gasteiger partial charge in [0, 0.05) is 42.2 Å². The normalized spacial score (nSPS) is 17.4. The van der Waals surface area contributed by atoms with Crippen LogP contribution < -0.4 is 5.32 Å². The third kappa shape index (κ3) is 4.28. The average molecular weight is 484 g/mol. The number of hydrogen-bond acceptors (Lipinski definition) is 4. The Morgan fingerprint density at radius 1 is 1.06 bits per heavy atom. The number of rotatable bonds is 6. The second-order valence-corrected chi connectivity index (χ2v) is 9.01. The fraction of sp³-hybridized carbons (Fsp3) is 0.185. The molecule has 4 heterocycles. The topological polar surface area (TPSA) is 83.3 Å². The van der Waals surface area contributed by atoms with E-state index in [9.17, 15) is 9.90 Å². The Kier molecular flexibility index (Phi) is 6.05. The number of benzene rings is 1. The Morgan fingerprint density at radius 2 is 1.80 bits per heavy atom. The van der Waals surface area contributed by atoms with Gasteiger partial charge in [-0.3, -0.25) is 9.97 Å². The molecule has 0 unspecified atom stereocenters. The van der Waals surface area contributed by atoms with E-state index in [4.69, 9.17) is 12.2 Å². The van der Waals surface area contributed by atoms with E-state index >= 15 is 0 Å². The first-order chi connectivity index (χ1) is 16.9. The molecule has 2 N–H and O–H groups in total.